The van der Waals surface area contributed by atoms with Gasteiger partial charge in [-0.2, -0.15) is 0 Å². The Labute approximate surface area is 84.5 Å². The molecule has 1 aromatic carbocycles. The van der Waals surface area contributed by atoms with Crippen LogP contribution in [0.4, 0.5) is 0 Å². The molecule has 72 valence electrons. The zero-order chi connectivity index (χ0) is 9.97. The minimum atomic E-state index is 0.327. The van der Waals surface area contributed by atoms with Crippen molar-refractivity contribution in [2.24, 2.45) is 0 Å². The number of hydrogen-bond donors (Lipinski definition) is 0. The molecule has 0 bridgehead atoms. The van der Waals surface area contributed by atoms with Crippen LogP contribution in [0.2, 0.25) is 0 Å². The fourth-order valence-electron chi connectivity index (χ4n) is 1.83. The van der Waals surface area contributed by atoms with E-state index in [1.807, 2.05) is 18.2 Å². The van der Waals surface area contributed by atoms with Crippen LogP contribution < -0.4 is 0 Å². The molecule has 0 amide bonds. The predicted molar refractivity (Wildman–Crippen MR) is 58.0 cm³/mol. The zero-order valence-electron chi connectivity index (χ0n) is 8.42. The molecule has 1 nitrogen and oxygen atoms in total. The number of allylic oxidation sites excluding steroid dienone is 1. The van der Waals surface area contributed by atoms with Gasteiger partial charge in [-0.15, -0.1) is 0 Å². The van der Waals surface area contributed by atoms with Gasteiger partial charge in [-0.05, 0) is 42.5 Å². The van der Waals surface area contributed by atoms with Gasteiger partial charge in [-0.25, -0.2) is 0 Å². The van der Waals surface area contributed by atoms with Crippen molar-refractivity contribution in [2.75, 3.05) is 0 Å². The van der Waals surface area contributed by atoms with Crippen molar-refractivity contribution in [2.45, 2.75) is 26.2 Å². The smallest absolute Gasteiger partial charge is 0.158 e. The van der Waals surface area contributed by atoms with Crippen molar-refractivity contribution in [1.82, 2.24) is 0 Å². The van der Waals surface area contributed by atoms with E-state index in [0.717, 1.165) is 24.8 Å². The van der Waals surface area contributed by atoms with E-state index in [1.54, 1.807) is 0 Å². The monoisotopic (exact) mass is 186 g/mol. The van der Waals surface area contributed by atoms with Crippen LogP contribution in [0.25, 0.3) is 6.08 Å². The highest BCUT2D eigenvalue weighted by molar-refractivity contribution is 6.01. The van der Waals surface area contributed by atoms with Gasteiger partial charge in [0.1, 0.15) is 0 Å². The number of carbonyl (C=O) groups is 1. The molecule has 0 saturated heterocycles. The van der Waals surface area contributed by atoms with E-state index in [2.05, 4.69) is 19.1 Å². The highest BCUT2D eigenvalue weighted by Crippen LogP contribution is 2.23. The van der Waals surface area contributed by atoms with Crippen LogP contribution in [0.5, 0.6) is 0 Å². The molecule has 1 aliphatic carbocycles. The summed E-state index contributed by atoms with van der Waals surface area (Å²) >= 11 is 0. The van der Waals surface area contributed by atoms with Crippen molar-refractivity contribution >= 4 is 11.9 Å². The molecular weight excluding hydrogens is 172 g/mol. The fourth-order valence-corrected chi connectivity index (χ4v) is 1.83. The first-order valence-electron chi connectivity index (χ1n) is 5.07. The number of hydrogen-bond acceptors (Lipinski definition) is 1. The van der Waals surface area contributed by atoms with Gasteiger partial charge < -0.3 is 0 Å². The van der Waals surface area contributed by atoms with Crippen LogP contribution in [-0.2, 0) is 4.79 Å². The number of ketones is 1. The van der Waals surface area contributed by atoms with Gasteiger partial charge in [0, 0.05) is 6.42 Å². The Morgan fingerprint density at radius 3 is 2.64 bits per heavy atom. The number of rotatable bonds is 1. The Bertz CT molecular complexity index is 388. The Kier molecular flexibility index (Phi) is 2.49. The molecule has 0 aromatic heterocycles. The minimum Gasteiger partial charge on any atom is -0.295 e. The first kappa shape index (κ1) is 9.20. The molecule has 0 N–H and O–H groups in total. The SMILES string of the molecule is Cc1ccccc1C=C1CCCC1=O. The predicted octanol–water partition coefficient (Wildman–Crippen LogP) is 3.13. The molecule has 1 saturated carbocycles. The number of Topliss-reactive ketones (excluding diaryl/α,β-unsaturated/α-hetero) is 1. The third-order valence-corrected chi connectivity index (χ3v) is 2.73. The van der Waals surface area contributed by atoms with E-state index >= 15 is 0 Å². The van der Waals surface area contributed by atoms with Crippen molar-refractivity contribution < 1.29 is 4.79 Å². The third kappa shape index (κ3) is 1.77. The maximum Gasteiger partial charge on any atom is 0.158 e. The maximum atomic E-state index is 11.4. The highest BCUT2D eigenvalue weighted by Gasteiger charge is 2.16. The van der Waals surface area contributed by atoms with Crippen LogP contribution >= 0.6 is 0 Å². The second kappa shape index (κ2) is 3.79. The van der Waals surface area contributed by atoms with E-state index in [0.29, 0.717) is 5.78 Å². The molecule has 0 spiro atoms. The summed E-state index contributed by atoms with van der Waals surface area (Å²) in [5, 5.41) is 0. The van der Waals surface area contributed by atoms with E-state index in [9.17, 15) is 4.79 Å². The molecule has 1 aliphatic rings. The average Bonchev–Trinajstić information content (AvgIpc) is 2.56. The van der Waals surface area contributed by atoms with Gasteiger partial charge in [0.25, 0.3) is 0 Å². The van der Waals surface area contributed by atoms with Crippen LogP contribution in [-0.4, -0.2) is 5.78 Å². The molecular formula is C13H14O. The lowest BCUT2D eigenvalue weighted by molar-refractivity contribution is -0.114. The lowest BCUT2D eigenvalue weighted by atomic mass is 10.0. The molecule has 2 rings (SSSR count). The lowest BCUT2D eigenvalue weighted by Crippen LogP contribution is -1.91. The number of aryl methyl sites for hydroxylation is 1. The average molecular weight is 186 g/mol. The van der Waals surface area contributed by atoms with E-state index in [-0.39, 0.29) is 0 Å². The first-order valence-corrected chi connectivity index (χ1v) is 5.07. The number of benzene rings is 1. The van der Waals surface area contributed by atoms with Gasteiger partial charge in [-0.3, -0.25) is 4.79 Å². The molecule has 1 heteroatoms. The van der Waals surface area contributed by atoms with Gasteiger partial charge >= 0.3 is 0 Å². The van der Waals surface area contributed by atoms with Crippen molar-refractivity contribution in [1.29, 1.82) is 0 Å². The quantitative estimate of drug-likeness (QED) is 0.616. The Morgan fingerprint density at radius 2 is 2.00 bits per heavy atom. The van der Waals surface area contributed by atoms with Gasteiger partial charge in [0.15, 0.2) is 5.78 Å². The van der Waals surface area contributed by atoms with E-state index < -0.39 is 0 Å². The van der Waals surface area contributed by atoms with Crippen LogP contribution in [0, 0.1) is 6.92 Å². The molecule has 1 aromatic rings. The van der Waals surface area contributed by atoms with Gasteiger partial charge in [0.2, 0.25) is 0 Å². The summed E-state index contributed by atoms with van der Waals surface area (Å²) in [5.41, 5.74) is 3.41. The fraction of sp³-hybridized carbons (Fsp3) is 0.308. The Balaban J connectivity index is 2.33. The Hall–Kier alpha value is -1.37. The summed E-state index contributed by atoms with van der Waals surface area (Å²) in [6, 6.07) is 8.17. The molecule has 14 heavy (non-hydrogen) atoms. The standard InChI is InChI=1S/C13H14O/c1-10-5-2-3-6-11(10)9-12-7-4-8-13(12)14/h2-3,5-6,9H,4,7-8H2,1H3. The molecule has 0 aliphatic heterocycles. The Morgan fingerprint density at radius 1 is 1.21 bits per heavy atom. The summed E-state index contributed by atoms with van der Waals surface area (Å²) < 4.78 is 0. The summed E-state index contributed by atoms with van der Waals surface area (Å²) in [4.78, 5) is 11.4. The van der Waals surface area contributed by atoms with Gasteiger partial charge in [-0.1, -0.05) is 24.3 Å². The molecule has 0 unspecified atom stereocenters. The summed E-state index contributed by atoms with van der Waals surface area (Å²) in [5.74, 6) is 0.327. The molecule has 0 radical (unpaired) electrons. The van der Waals surface area contributed by atoms with E-state index in [4.69, 9.17) is 0 Å². The van der Waals surface area contributed by atoms with E-state index in [1.165, 1.54) is 11.1 Å². The summed E-state index contributed by atoms with van der Waals surface area (Å²) in [7, 11) is 0. The second-order valence-corrected chi connectivity index (χ2v) is 3.80. The number of carbonyl (C=O) groups excluding carboxylic acids is 1. The van der Waals surface area contributed by atoms with Crippen LogP contribution in [0.15, 0.2) is 29.8 Å². The van der Waals surface area contributed by atoms with Crippen molar-refractivity contribution in [3.63, 3.8) is 0 Å². The summed E-state index contributed by atoms with van der Waals surface area (Å²) in [6.45, 7) is 2.08. The zero-order valence-corrected chi connectivity index (χ0v) is 8.42. The van der Waals surface area contributed by atoms with Crippen LogP contribution in [0.1, 0.15) is 30.4 Å². The lowest BCUT2D eigenvalue weighted by Gasteiger charge is -2.00. The molecule has 0 atom stereocenters. The third-order valence-electron chi connectivity index (χ3n) is 2.73. The minimum absolute atomic E-state index is 0.327. The molecule has 0 heterocycles. The first-order chi connectivity index (χ1) is 6.77. The maximum absolute atomic E-state index is 11.4. The normalized spacial score (nSPS) is 19.2. The van der Waals surface area contributed by atoms with Crippen LogP contribution in [0.3, 0.4) is 0 Å². The second-order valence-electron chi connectivity index (χ2n) is 3.80. The van der Waals surface area contributed by atoms with Crippen molar-refractivity contribution in [3.05, 3.63) is 41.0 Å². The molecule has 1 fully saturated rings. The van der Waals surface area contributed by atoms with Gasteiger partial charge in [0.05, 0.1) is 0 Å². The largest absolute Gasteiger partial charge is 0.295 e. The summed E-state index contributed by atoms with van der Waals surface area (Å²) in [6.07, 6.45) is 4.76. The topological polar surface area (TPSA) is 17.1 Å². The highest BCUT2D eigenvalue weighted by atomic mass is 16.1. The van der Waals surface area contributed by atoms with Crippen molar-refractivity contribution in [3.8, 4) is 0 Å².